The van der Waals surface area contributed by atoms with Gasteiger partial charge in [-0.15, -0.1) is 0 Å². The summed E-state index contributed by atoms with van der Waals surface area (Å²) < 4.78 is 48.5. The lowest BCUT2D eigenvalue weighted by Crippen LogP contribution is -2.18. The third kappa shape index (κ3) is 5.64. The molecule has 4 nitrogen and oxygen atoms in total. The minimum atomic E-state index is -4.22. The van der Waals surface area contributed by atoms with Crippen molar-refractivity contribution in [3.8, 4) is 0 Å². The zero-order valence-corrected chi connectivity index (χ0v) is 9.84. The average molecular weight is 280 g/mol. The minimum absolute atomic E-state index is 0.0488. The second-order valence-electron chi connectivity index (χ2n) is 3.93. The first kappa shape index (κ1) is 15.4. The van der Waals surface area contributed by atoms with Crippen molar-refractivity contribution in [3.05, 3.63) is 39.7 Å². The third-order valence-electron chi connectivity index (χ3n) is 2.37. The molecule has 0 aliphatic rings. The Morgan fingerprint density at radius 2 is 2.00 bits per heavy atom. The van der Waals surface area contributed by atoms with Gasteiger partial charge in [0.05, 0.1) is 4.92 Å². The van der Waals surface area contributed by atoms with Gasteiger partial charge in [-0.3, -0.25) is 10.1 Å². The van der Waals surface area contributed by atoms with E-state index >= 15 is 0 Å². The summed E-state index contributed by atoms with van der Waals surface area (Å²) in [5.74, 6) is -0.627. The number of nitro groups is 1. The van der Waals surface area contributed by atoms with Crippen LogP contribution in [0.25, 0.3) is 0 Å². The van der Waals surface area contributed by atoms with Crippen molar-refractivity contribution in [2.75, 3.05) is 6.54 Å². The van der Waals surface area contributed by atoms with Gasteiger partial charge in [0, 0.05) is 24.6 Å². The standard InChI is InChI=1S/C11H12F4N2O2/c12-9-2-3-10(17(18)19)8(6-9)7-16-5-1-4-11(13,14)15/h2-3,6,16H,1,4-5,7H2. The minimum Gasteiger partial charge on any atom is -0.312 e. The van der Waals surface area contributed by atoms with Crippen LogP contribution in [0.2, 0.25) is 0 Å². The van der Waals surface area contributed by atoms with Crippen molar-refractivity contribution in [2.24, 2.45) is 0 Å². The molecule has 0 aromatic heterocycles. The van der Waals surface area contributed by atoms with E-state index in [0.717, 1.165) is 18.2 Å². The van der Waals surface area contributed by atoms with Crippen molar-refractivity contribution < 1.29 is 22.5 Å². The molecule has 0 fully saturated rings. The van der Waals surface area contributed by atoms with E-state index in [-0.39, 0.29) is 30.8 Å². The van der Waals surface area contributed by atoms with Crippen LogP contribution in [0.5, 0.6) is 0 Å². The van der Waals surface area contributed by atoms with E-state index in [1.807, 2.05) is 0 Å². The summed E-state index contributed by atoms with van der Waals surface area (Å²) >= 11 is 0. The molecule has 0 atom stereocenters. The zero-order valence-electron chi connectivity index (χ0n) is 9.84. The lowest BCUT2D eigenvalue weighted by molar-refractivity contribution is -0.385. The van der Waals surface area contributed by atoms with Gasteiger partial charge in [-0.1, -0.05) is 0 Å². The van der Waals surface area contributed by atoms with E-state index in [1.54, 1.807) is 0 Å². The predicted molar refractivity (Wildman–Crippen MR) is 60.1 cm³/mol. The first-order chi connectivity index (χ1) is 8.79. The number of alkyl halides is 3. The fourth-order valence-corrected chi connectivity index (χ4v) is 1.51. The molecule has 0 radical (unpaired) electrons. The van der Waals surface area contributed by atoms with Gasteiger partial charge >= 0.3 is 6.18 Å². The van der Waals surface area contributed by atoms with Gasteiger partial charge in [0.25, 0.3) is 5.69 Å². The molecular weight excluding hydrogens is 268 g/mol. The number of nitrogens with one attached hydrogen (secondary N) is 1. The summed E-state index contributed by atoms with van der Waals surface area (Å²) in [6.45, 7) is -0.000885. The highest BCUT2D eigenvalue weighted by atomic mass is 19.4. The third-order valence-corrected chi connectivity index (χ3v) is 2.37. The lowest BCUT2D eigenvalue weighted by Gasteiger charge is -2.07. The highest BCUT2D eigenvalue weighted by Crippen LogP contribution is 2.21. The number of nitro benzene ring substituents is 1. The van der Waals surface area contributed by atoms with Crippen LogP contribution < -0.4 is 5.32 Å². The van der Waals surface area contributed by atoms with Crippen LogP contribution in [0.3, 0.4) is 0 Å². The van der Waals surface area contributed by atoms with Gasteiger partial charge in [0.2, 0.25) is 0 Å². The maximum Gasteiger partial charge on any atom is 0.389 e. The monoisotopic (exact) mass is 280 g/mol. The summed E-state index contributed by atoms with van der Waals surface area (Å²) in [6.07, 6.45) is -5.27. The molecule has 8 heteroatoms. The highest BCUT2D eigenvalue weighted by Gasteiger charge is 2.25. The number of rotatable bonds is 6. The summed E-state index contributed by atoms with van der Waals surface area (Å²) in [6, 6.07) is 2.99. The maximum absolute atomic E-state index is 12.9. The first-order valence-electron chi connectivity index (χ1n) is 5.50. The zero-order chi connectivity index (χ0) is 14.5. The van der Waals surface area contributed by atoms with Gasteiger partial charge in [-0.25, -0.2) is 4.39 Å². The molecule has 0 unspecified atom stereocenters. The SMILES string of the molecule is O=[N+]([O-])c1ccc(F)cc1CNCCCC(F)(F)F. The maximum atomic E-state index is 12.9. The van der Waals surface area contributed by atoms with Crippen LogP contribution in [0.4, 0.5) is 23.2 Å². The first-order valence-corrected chi connectivity index (χ1v) is 5.50. The van der Waals surface area contributed by atoms with Gasteiger partial charge in [0.1, 0.15) is 5.82 Å². The van der Waals surface area contributed by atoms with E-state index in [2.05, 4.69) is 5.32 Å². The molecule has 19 heavy (non-hydrogen) atoms. The number of hydrogen-bond acceptors (Lipinski definition) is 3. The van der Waals surface area contributed by atoms with E-state index in [1.165, 1.54) is 0 Å². The molecule has 0 heterocycles. The molecule has 0 spiro atoms. The van der Waals surface area contributed by atoms with Gasteiger partial charge in [0.15, 0.2) is 0 Å². The lowest BCUT2D eigenvalue weighted by atomic mass is 10.1. The molecule has 0 aliphatic heterocycles. The Labute approximate surface area is 106 Å². The van der Waals surface area contributed by atoms with Crippen LogP contribution in [0.15, 0.2) is 18.2 Å². The fraction of sp³-hybridized carbons (Fsp3) is 0.455. The fourth-order valence-electron chi connectivity index (χ4n) is 1.51. The highest BCUT2D eigenvalue weighted by molar-refractivity contribution is 5.40. The molecule has 0 amide bonds. The second-order valence-corrected chi connectivity index (χ2v) is 3.93. The Morgan fingerprint density at radius 3 is 2.58 bits per heavy atom. The Hall–Kier alpha value is -1.70. The average Bonchev–Trinajstić information content (AvgIpc) is 2.26. The molecule has 1 rings (SSSR count). The van der Waals surface area contributed by atoms with Gasteiger partial charge < -0.3 is 5.32 Å². The Morgan fingerprint density at radius 1 is 1.32 bits per heavy atom. The van der Waals surface area contributed by atoms with Crippen molar-refractivity contribution in [1.82, 2.24) is 5.32 Å². The molecule has 0 saturated carbocycles. The van der Waals surface area contributed by atoms with Crippen LogP contribution >= 0.6 is 0 Å². The molecular formula is C11H12F4N2O2. The summed E-state index contributed by atoms with van der Waals surface area (Å²) in [7, 11) is 0. The van der Waals surface area contributed by atoms with Gasteiger partial charge in [-0.2, -0.15) is 13.2 Å². The van der Waals surface area contributed by atoms with Crippen LogP contribution in [-0.2, 0) is 6.54 Å². The molecule has 1 aromatic carbocycles. The smallest absolute Gasteiger partial charge is 0.312 e. The topological polar surface area (TPSA) is 55.2 Å². The molecule has 0 aliphatic carbocycles. The van der Waals surface area contributed by atoms with Crippen LogP contribution in [0.1, 0.15) is 18.4 Å². The number of nitrogens with zero attached hydrogens (tertiary/aromatic N) is 1. The van der Waals surface area contributed by atoms with Crippen molar-refractivity contribution in [2.45, 2.75) is 25.6 Å². The van der Waals surface area contributed by atoms with Gasteiger partial charge in [-0.05, 0) is 25.1 Å². The number of benzene rings is 1. The van der Waals surface area contributed by atoms with Crippen LogP contribution in [-0.4, -0.2) is 17.6 Å². The summed E-state index contributed by atoms with van der Waals surface area (Å²) in [5, 5.41) is 13.3. The van der Waals surface area contributed by atoms with E-state index in [0.29, 0.717) is 0 Å². The van der Waals surface area contributed by atoms with E-state index in [9.17, 15) is 27.7 Å². The molecule has 1 N–H and O–H groups in total. The molecule has 1 aromatic rings. The Balaban J connectivity index is 2.49. The Bertz CT molecular complexity index is 449. The predicted octanol–water partition coefficient (Wildman–Crippen LogP) is 3.17. The largest absolute Gasteiger partial charge is 0.389 e. The number of hydrogen-bond donors (Lipinski definition) is 1. The quantitative estimate of drug-likeness (QED) is 0.377. The van der Waals surface area contributed by atoms with E-state index < -0.39 is 23.3 Å². The normalized spacial score (nSPS) is 11.6. The second kappa shape index (κ2) is 6.46. The number of halogens is 4. The van der Waals surface area contributed by atoms with Crippen LogP contribution in [0, 0.1) is 15.9 Å². The summed E-state index contributed by atoms with van der Waals surface area (Å²) in [4.78, 5) is 10.00. The molecule has 106 valence electrons. The van der Waals surface area contributed by atoms with Crippen molar-refractivity contribution >= 4 is 5.69 Å². The molecule has 0 bridgehead atoms. The molecule has 0 saturated heterocycles. The Kier molecular flexibility index (Phi) is 5.22. The van der Waals surface area contributed by atoms with Crippen molar-refractivity contribution in [3.63, 3.8) is 0 Å². The van der Waals surface area contributed by atoms with Crippen molar-refractivity contribution in [1.29, 1.82) is 0 Å². The summed E-state index contributed by atoms with van der Waals surface area (Å²) in [5.41, 5.74) is -0.151. The van der Waals surface area contributed by atoms with E-state index in [4.69, 9.17) is 0 Å².